The summed E-state index contributed by atoms with van der Waals surface area (Å²) in [7, 11) is 0. The quantitative estimate of drug-likeness (QED) is 0.251. The minimum Gasteiger partial charge on any atom is -0.504 e. The first-order valence-electron chi connectivity index (χ1n) is 11.8. The average Bonchev–Trinajstić information content (AvgIpc) is 2.90. The van der Waals surface area contributed by atoms with Crippen LogP contribution in [-0.4, -0.2) is 35.9 Å². The smallest absolute Gasteiger partial charge is 0.161 e. The minimum absolute atomic E-state index is 0.117. The Kier molecular flexibility index (Phi) is 7.98. The van der Waals surface area contributed by atoms with Crippen LogP contribution in [0.5, 0.6) is 23.0 Å². The lowest BCUT2D eigenvalue weighted by molar-refractivity contribution is 0.318. The Balaban J connectivity index is 1.41. The van der Waals surface area contributed by atoms with Gasteiger partial charge in [-0.15, -0.1) is 0 Å². The first-order valence-corrected chi connectivity index (χ1v) is 11.8. The van der Waals surface area contributed by atoms with Crippen LogP contribution >= 0.6 is 0 Å². The number of phenolic OH excluding ortho intramolecular Hbond substituents is 2. The van der Waals surface area contributed by atoms with Crippen LogP contribution in [0.3, 0.4) is 0 Å². The molecule has 0 unspecified atom stereocenters. The summed E-state index contributed by atoms with van der Waals surface area (Å²) < 4.78 is 10.8. The second-order valence-electron chi connectivity index (χ2n) is 7.93. The van der Waals surface area contributed by atoms with Crippen LogP contribution in [0.15, 0.2) is 94.9 Å². The number of hydrogen-bond donors (Lipinski definition) is 2. The van der Waals surface area contributed by atoms with Crippen molar-refractivity contribution in [3.05, 3.63) is 96.1 Å². The Morgan fingerprint density at radius 2 is 0.972 bits per heavy atom. The zero-order valence-corrected chi connectivity index (χ0v) is 20.3. The summed E-state index contributed by atoms with van der Waals surface area (Å²) in [4.78, 5) is 9.05. The fourth-order valence-corrected chi connectivity index (χ4v) is 3.54. The maximum atomic E-state index is 9.84. The summed E-state index contributed by atoms with van der Waals surface area (Å²) >= 11 is 0. The van der Waals surface area contributed by atoms with E-state index in [1.807, 2.05) is 62.4 Å². The topological polar surface area (TPSA) is 83.6 Å². The molecule has 2 N–H and O–H groups in total. The van der Waals surface area contributed by atoms with Crippen LogP contribution in [0.25, 0.3) is 11.1 Å². The van der Waals surface area contributed by atoms with Gasteiger partial charge in [-0.05, 0) is 96.8 Å². The molecule has 0 radical (unpaired) electrons. The lowest BCUT2D eigenvalue weighted by Crippen LogP contribution is -1.93. The van der Waals surface area contributed by atoms with Crippen molar-refractivity contribution in [2.24, 2.45) is 9.98 Å². The number of aromatic hydroxyl groups is 2. The van der Waals surface area contributed by atoms with Gasteiger partial charge >= 0.3 is 0 Å². The monoisotopic (exact) mass is 480 g/mol. The molecule has 0 bridgehead atoms. The molecule has 4 aromatic carbocycles. The SMILES string of the molecule is CCOc1cc(C=Nc2ccc(-c3ccc(N=Cc4ccc(O)c(OCC)c4)cc3)cc2)ccc1O. The van der Waals surface area contributed by atoms with E-state index in [1.165, 1.54) is 0 Å². The van der Waals surface area contributed by atoms with Crippen molar-refractivity contribution >= 4 is 23.8 Å². The first kappa shape index (κ1) is 24.5. The van der Waals surface area contributed by atoms with E-state index in [-0.39, 0.29) is 11.5 Å². The molecule has 6 nitrogen and oxygen atoms in total. The molecule has 0 aliphatic carbocycles. The van der Waals surface area contributed by atoms with Crippen molar-refractivity contribution in [3.8, 4) is 34.1 Å². The van der Waals surface area contributed by atoms with E-state index in [2.05, 4.69) is 9.98 Å². The van der Waals surface area contributed by atoms with E-state index < -0.39 is 0 Å². The van der Waals surface area contributed by atoms with Crippen molar-refractivity contribution in [1.29, 1.82) is 0 Å². The highest BCUT2D eigenvalue weighted by atomic mass is 16.5. The van der Waals surface area contributed by atoms with Gasteiger partial charge in [0.25, 0.3) is 0 Å². The lowest BCUT2D eigenvalue weighted by atomic mass is 10.1. The van der Waals surface area contributed by atoms with Gasteiger partial charge in [-0.1, -0.05) is 24.3 Å². The molecular formula is C30H28N2O4. The second kappa shape index (κ2) is 11.7. The molecule has 4 rings (SSSR count). The fourth-order valence-electron chi connectivity index (χ4n) is 3.54. The number of ether oxygens (including phenoxy) is 2. The van der Waals surface area contributed by atoms with E-state index in [1.54, 1.807) is 48.8 Å². The number of aliphatic imine (C=N–C) groups is 2. The van der Waals surface area contributed by atoms with Crippen LogP contribution in [0.4, 0.5) is 11.4 Å². The first-order chi connectivity index (χ1) is 17.6. The molecule has 6 heteroatoms. The van der Waals surface area contributed by atoms with E-state index in [0.29, 0.717) is 24.7 Å². The highest BCUT2D eigenvalue weighted by Crippen LogP contribution is 2.29. The van der Waals surface area contributed by atoms with E-state index in [9.17, 15) is 10.2 Å². The number of nitrogens with zero attached hydrogens (tertiary/aromatic N) is 2. The summed E-state index contributed by atoms with van der Waals surface area (Å²) in [6, 6.07) is 26.3. The molecule has 0 aliphatic rings. The number of benzene rings is 4. The highest BCUT2D eigenvalue weighted by Gasteiger charge is 2.04. The maximum absolute atomic E-state index is 9.84. The van der Waals surface area contributed by atoms with Gasteiger partial charge in [0.05, 0.1) is 24.6 Å². The molecule has 0 spiro atoms. The lowest BCUT2D eigenvalue weighted by Gasteiger charge is -2.06. The minimum atomic E-state index is 0.117. The van der Waals surface area contributed by atoms with Crippen LogP contribution in [0, 0.1) is 0 Å². The molecule has 0 saturated carbocycles. The average molecular weight is 481 g/mol. The van der Waals surface area contributed by atoms with E-state index in [4.69, 9.17) is 9.47 Å². The fraction of sp³-hybridized carbons (Fsp3) is 0.133. The summed E-state index contributed by atoms with van der Waals surface area (Å²) in [6.07, 6.45) is 3.49. The van der Waals surface area contributed by atoms with Gasteiger partial charge in [-0.25, -0.2) is 0 Å². The highest BCUT2D eigenvalue weighted by molar-refractivity contribution is 5.84. The summed E-state index contributed by atoms with van der Waals surface area (Å²) in [6.45, 7) is 4.71. The molecule has 0 saturated heterocycles. The Bertz CT molecular complexity index is 1250. The molecule has 0 heterocycles. The largest absolute Gasteiger partial charge is 0.504 e. The maximum Gasteiger partial charge on any atom is 0.161 e. The standard InChI is InChI=1S/C30H28N2O4/c1-3-35-29-17-21(5-15-27(29)33)19-31-25-11-7-23(8-12-25)24-9-13-26(14-10-24)32-20-22-6-16-28(34)30(18-22)36-4-2/h5-20,33-34H,3-4H2,1-2H3. The van der Waals surface area contributed by atoms with Gasteiger partial charge in [0.15, 0.2) is 23.0 Å². The van der Waals surface area contributed by atoms with Gasteiger partial charge in [0.2, 0.25) is 0 Å². The van der Waals surface area contributed by atoms with Gasteiger partial charge in [-0.3, -0.25) is 9.98 Å². The number of phenols is 2. The van der Waals surface area contributed by atoms with Gasteiger partial charge in [-0.2, -0.15) is 0 Å². The third kappa shape index (κ3) is 6.30. The van der Waals surface area contributed by atoms with Crippen molar-refractivity contribution in [2.45, 2.75) is 13.8 Å². The third-order valence-corrected chi connectivity index (χ3v) is 5.36. The molecule has 0 atom stereocenters. The predicted octanol–water partition coefficient (Wildman–Crippen LogP) is 7.06. The second-order valence-corrected chi connectivity index (χ2v) is 7.93. The molecular weight excluding hydrogens is 452 g/mol. The molecule has 4 aromatic rings. The molecule has 0 amide bonds. The third-order valence-electron chi connectivity index (χ3n) is 5.36. The zero-order valence-electron chi connectivity index (χ0n) is 20.3. The summed E-state index contributed by atoms with van der Waals surface area (Å²) in [5.41, 5.74) is 5.49. The van der Waals surface area contributed by atoms with Crippen molar-refractivity contribution in [1.82, 2.24) is 0 Å². The molecule has 36 heavy (non-hydrogen) atoms. The van der Waals surface area contributed by atoms with Crippen molar-refractivity contribution in [2.75, 3.05) is 13.2 Å². The van der Waals surface area contributed by atoms with Crippen LogP contribution in [-0.2, 0) is 0 Å². The Labute approximate surface area is 210 Å². The molecule has 0 fully saturated rings. The van der Waals surface area contributed by atoms with Crippen LogP contribution in [0.2, 0.25) is 0 Å². The normalized spacial score (nSPS) is 11.3. The summed E-state index contributed by atoms with van der Waals surface area (Å²) in [5, 5.41) is 19.7. The van der Waals surface area contributed by atoms with Gasteiger partial charge < -0.3 is 19.7 Å². The van der Waals surface area contributed by atoms with Gasteiger partial charge in [0, 0.05) is 12.4 Å². The predicted molar refractivity (Wildman–Crippen MR) is 145 cm³/mol. The Morgan fingerprint density at radius 3 is 1.33 bits per heavy atom. The molecule has 0 aliphatic heterocycles. The molecule has 0 aromatic heterocycles. The van der Waals surface area contributed by atoms with Crippen molar-refractivity contribution in [3.63, 3.8) is 0 Å². The van der Waals surface area contributed by atoms with Crippen LogP contribution in [0.1, 0.15) is 25.0 Å². The van der Waals surface area contributed by atoms with E-state index >= 15 is 0 Å². The Hall–Kier alpha value is -4.58. The Morgan fingerprint density at radius 1 is 0.583 bits per heavy atom. The van der Waals surface area contributed by atoms with E-state index in [0.717, 1.165) is 33.6 Å². The van der Waals surface area contributed by atoms with Crippen LogP contribution < -0.4 is 9.47 Å². The van der Waals surface area contributed by atoms with Gasteiger partial charge in [0.1, 0.15) is 0 Å². The zero-order chi connectivity index (χ0) is 25.3. The summed E-state index contributed by atoms with van der Waals surface area (Å²) in [5.74, 6) is 1.13. The number of hydrogen-bond acceptors (Lipinski definition) is 6. The molecule has 182 valence electrons. The van der Waals surface area contributed by atoms with Crippen molar-refractivity contribution < 1.29 is 19.7 Å². The number of rotatable bonds is 9.